The van der Waals surface area contributed by atoms with Crippen molar-refractivity contribution >= 4 is 23.2 Å². The third-order valence-electron chi connectivity index (χ3n) is 5.40. The topological polar surface area (TPSA) is 43.9 Å². The predicted octanol–water partition coefficient (Wildman–Crippen LogP) is 2.67. The summed E-state index contributed by atoms with van der Waals surface area (Å²) in [4.78, 5) is 30.6. The van der Waals surface area contributed by atoms with Gasteiger partial charge in [0.1, 0.15) is 0 Å². The Morgan fingerprint density at radius 3 is 2.29 bits per heavy atom. The molecule has 5 nitrogen and oxygen atoms in total. The van der Waals surface area contributed by atoms with Gasteiger partial charge in [0.15, 0.2) is 11.6 Å². The molecule has 2 saturated heterocycles. The molecule has 0 saturated carbocycles. The molecule has 2 aromatic carbocycles. The standard InChI is InChI=1S/C21H21F2N3O2/c22-18-7-6-17(13-19(18)23)26-14-15(12-20(26)27)21(28)25-10-8-24(9-11-25)16-4-2-1-3-5-16/h1-7,13,15H,8-12,14H2. The monoisotopic (exact) mass is 385 g/mol. The SMILES string of the molecule is O=C(C1CC(=O)N(c2ccc(F)c(F)c2)C1)N1CCN(c2ccccc2)CC1. The van der Waals surface area contributed by atoms with Crippen molar-refractivity contribution in [1.29, 1.82) is 0 Å². The molecule has 2 aliphatic rings. The molecular weight excluding hydrogens is 364 g/mol. The average molecular weight is 385 g/mol. The Morgan fingerprint density at radius 2 is 1.61 bits per heavy atom. The minimum absolute atomic E-state index is 0.0499. The number of hydrogen-bond acceptors (Lipinski definition) is 3. The van der Waals surface area contributed by atoms with E-state index in [1.54, 1.807) is 4.90 Å². The Bertz CT molecular complexity index is 882. The van der Waals surface area contributed by atoms with Gasteiger partial charge < -0.3 is 14.7 Å². The first-order valence-electron chi connectivity index (χ1n) is 9.37. The van der Waals surface area contributed by atoms with Gasteiger partial charge in [0.2, 0.25) is 11.8 Å². The number of nitrogens with zero attached hydrogens (tertiary/aromatic N) is 3. The minimum Gasteiger partial charge on any atom is -0.368 e. The first-order valence-corrected chi connectivity index (χ1v) is 9.37. The van der Waals surface area contributed by atoms with Crippen LogP contribution in [0, 0.1) is 17.6 Å². The third kappa shape index (κ3) is 3.56. The van der Waals surface area contributed by atoms with E-state index in [1.807, 2.05) is 30.3 Å². The van der Waals surface area contributed by atoms with E-state index in [2.05, 4.69) is 4.90 Å². The zero-order chi connectivity index (χ0) is 19.7. The van der Waals surface area contributed by atoms with Crippen LogP contribution in [0.3, 0.4) is 0 Å². The molecule has 2 heterocycles. The second-order valence-electron chi connectivity index (χ2n) is 7.15. The summed E-state index contributed by atoms with van der Waals surface area (Å²) in [5, 5.41) is 0. The van der Waals surface area contributed by atoms with Gasteiger partial charge in [-0.25, -0.2) is 8.78 Å². The van der Waals surface area contributed by atoms with Gasteiger partial charge in [-0.3, -0.25) is 9.59 Å². The van der Waals surface area contributed by atoms with Crippen molar-refractivity contribution < 1.29 is 18.4 Å². The highest BCUT2D eigenvalue weighted by atomic mass is 19.2. The number of hydrogen-bond donors (Lipinski definition) is 0. The quantitative estimate of drug-likeness (QED) is 0.816. The largest absolute Gasteiger partial charge is 0.368 e. The first-order chi connectivity index (χ1) is 13.5. The molecule has 2 amide bonds. The Kier molecular flexibility index (Phi) is 4.98. The highest BCUT2D eigenvalue weighted by Gasteiger charge is 2.38. The van der Waals surface area contributed by atoms with Crippen molar-refractivity contribution in [2.24, 2.45) is 5.92 Å². The fraction of sp³-hybridized carbons (Fsp3) is 0.333. The summed E-state index contributed by atoms with van der Waals surface area (Å²) in [6.07, 6.45) is 0.0940. The van der Waals surface area contributed by atoms with Gasteiger partial charge in [0, 0.05) is 56.6 Å². The molecule has 4 rings (SSSR count). The van der Waals surface area contributed by atoms with E-state index < -0.39 is 17.6 Å². The molecule has 2 aliphatic heterocycles. The van der Waals surface area contributed by atoms with Crippen LogP contribution in [0.4, 0.5) is 20.2 Å². The molecule has 0 aliphatic carbocycles. The lowest BCUT2D eigenvalue weighted by Gasteiger charge is -2.37. The van der Waals surface area contributed by atoms with Crippen LogP contribution < -0.4 is 9.80 Å². The average Bonchev–Trinajstić information content (AvgIpc) is 3.12. The lowest BCUT2D eigenvalue weighted by Crippen LogP contribution is -2.50. The molecule has 2 fully saturated rings. The third-order valence-corrected chi connectivity index (χ3v) is 5.40. The molecule has 1 unspecified atom stereocenters. The van der Waals surface area contributed by atoms with E-state index >= 15 is 0 Å². The number of para-hydroxylation sites is 1. The van der Waals surface area contributed by atoms with Gasteiger partial charge in [-0.05, 0) is 24.3 Å². The fourth-order valence-corrected chi connectivity index (χ4v) is 3.86. The van der Waals surface area contributed by atoms with E-state index in [0.29, 0.717) is 13.1 Å². The number of piperazine rings is 1. The van der Waals surface area contributed by atoms with Crippen molar-refractivity contribution in [1.82, 2.24) is 4.90 Å². The normalized spacial score (nSPS) is 20.0. The van der Waals surface area contributed by atoms with Gasteiger partial charge in [0.25, 0.3) is 0 Å². The van der Waals surface area contributed by atoms with E-state index in [4.69, 9.17) is 0 Å². The van der Waals surface area contributed by atoms with Crippen molar-refractivity contribution in [3.05, 3.63) is 60.2 Å². The lowest BCUT2D eigenvalue weighted by molar-refractivity contribution is -0.136. The summed E-state index contributed by atoms with van der Waals surface area (Å²) in [5.41, 5.74) is 1.42. The second-order valence-corrected chi connectivity index (χ2v) is 7.15. The zero-order valence-electron chi connectivity index (χ0n) is 15.4. The Hall–Kier alpha value is -2.96. The van der Waals surface area contributed by atoms with Gasteiger partial charge in [0.05, 0.1) is 5.92 Å². The maximum absolute atomic E-state index is 13.5. The van der Waals surface area contributed by atoms with Gasteiger partial charge in [-0.15, -0.1) is 0 Å². The fourth-order valence-electron chi connectivity index (χ4n) is 3.86. The van der Waals surface area contributed by atoms with Crippen molar-refractivity contribution in [2.45, 2.75) is 6.42 Å². The smallest absolute Gasteiger partial charge is 0.228 e. The van der Waals surface area contributed by atoms with Crippen LogP contribution in [0.5, 0.6) is 0 Å². The summed E-state index contributed by atoms with van der Waals surface area (Å²) in [6, 6.07) is 13.4. The number of anilines is 2. The molecule has 2 aromatic rings. The summed E-state index contributed by atoms with van der Waals surface area (Å²) in [5.74, 6) is -2.71. The Morgan fingerprint density at radius 1 is 0.893 bits per heavy atom. The molecule has 0 bridgehead atoms. The summed E-state index contributed by atoms with van der Waals surface area (Å²) in [6.45, 7) is 2.88. The maximum atomic E-state index is 13.5. The van der Waals surface area contributed by atoms with Crippen LogP contribution in [-0.4, -0.2) is 49.4 Å². The summed E-state index contributed by atoms with van der Waals surface area (Å²) < 4.78 is 26.6. The molecule has 1 atom stereocenters. The van der Waals surface area contributed by atoms with E-state index in [9.17, 15) is 18.4 Å². The van der Waals surface area contributed by atoms with Gasteiger partial charge in [-0.2, -0.15) is 0 Å². The lowest BCUT2D eigenvalue weighted by atomic mass is 10.1. The number of halogens is 2. The number of carbonyl (C=O) groups excluding carboxylic acids is 2. The van der Waals surface area contributed by atoms with Crippen LogP contribution in [-0.2, 0) is 9.59 Å². The molecule has 28 heavy (non-hydrogen) atoms. The van der Waals surface area contributed by atoms with Crippen molar-refractivity contribution in [3.63, 3.8) is 0 Å². The summed E-state index contributed by atoms with van der Waals surface area (Å²) in [7, 11) is 0. The minimum atomic E-state index is -1.00. The van der Waals surface area contributed by atoms with E-state index in [-0.39, 0.29) is 30.5 Å². The Balaban J connectivity index is 1.38. The molecule has 7 heteroatoms. The predicted molar refractivity (Wildman–Crippen MR) is 102 cm³/mol. The number of amides is 2. The maximum Gasteiger partial charge on any atom is 0.228 e. The van der Waals surface area contributed by atoms with Crippen molar-refractivity contribution in [3.8, 4) is 0 Å². The molecule has 0 radical (unpaired) electrons. The number of benzene rings is 2. The number of rotatable bonds is 3. The molecule has 0 aromatic heterocycles. The first kappa shape index (κ1) is 18.4. The molecule has 146 valence electrons. The van der Waals surface area contributed by atoms with Crippen LogP contribution in [0.15, 0.2) is 48.5 Å². The van der Waals surface area contributed by atoms with Gasteiger partial charge in [-0.1, -0.05) is 18.2 Å². The van der Waals surface area contributed by atoms with Crippen LogP contribution >= 0.6 is 0 Å². The zero-order valence-corrected chi connectivity index (χ0v) is 15.4. The molecular formula is C21H21F2N3O2. The van der Waals surface area contributed by atoms with Crippen molar-refractivity contribution in [2.75, 3.05) is 42.5 Å². The molecule has 0 N–H and O–H groups in total. The molecule has 0 spiro atoms. The van der Waals surface area contributed by atoms with Crippen LogP contribution in [0.25, 0.3) is 0 Å². The highest BCUT2D eigenvalue weighted by molar-refractivity contribution is 6.00. The Labute approximate surface area is 162 Å². The van der Waals surface area contributed by atoms with E-state index in [0.717, 1.165) is 30.9 Å². The van der Waals surface area contributed by atoms with Gasteiger partial charge >= 0.3 is 0 Å². The van der Waals surface area contributed by atoms with Crippen LogP contribution in [0.2, 0.25) is 0 Å². The summed E-state index contributed by atoms with van der Waals surface area (Å²) >= 11 is 0. The van der Waals surface area contributed by atoms with E-state index in [1.165, 1.54) is 11.0 Å². The number of carbonyl (C=O) groups is 2. The van der Waals surface area contributed by atoms with Crippen LogP contribution in [0.1, 0.15) is 6.42 Å². The highest BCUT2D eigenvalue weighted by Crippen LogP contribution is 2.28. The second kappa shape index (κ2) is 7.58.